The first-order valence-electron chi connectivity index (χ1n) is 13.6. The molecule has 3 aliphatic rings. The molecule has 212 valence electrons. The Morgan fingerprint density at radius 2 is 1.90 bits per heavy atom. The number of likely N-dealkylation sites (tertiary alicyclic amines) is 1. The summed E-state index contributed by atoms with van der Waals surface area (Å²) in [6.07, 6.45) is 5.02. The predicted octanol–water partition coefficient (Wildman–Crippen LogP) is 3.80. The van der Waals surface area contributed by atoms with E-state index >= 15 is 0 Å². The average Bonchev–Trinajstić information content (AvgIpc) is 3.50. The minimum absolute atomic E-state index is 0.0146. The molecule has 1 spiro atoms. The number of fused-ring (bicyclic) bond motifs is 1. The van der Waals surface area contributed by atoms with Crippen molar-refractivity contribution in [2.24, 2.45) is 11.8 Å². The largest absolute Gasteiger partial charge is 0.396 e. The SMILES string of the molecule is C=CCN(CCC)C(=O)[C@H]1[C@@H]2OC3(CC2Br)C(C(=O)N(CC=C)c2ccc(Cl)cc2)N(CCCCO)C(=O)[C@H]13. The fraction of sp³-hybridized carbons (Fsp3) is 0.552. The highest BCUT2D eigenvalue weighted by Crippen LogP contribution is 2.60. The summed E-state index contributed by atoms with van der Waals surface area (Å²) in [5, 5.41) is 9.94. The smallest absolute Gasteiger partial charge is 0.253 e. The van der Waals surface area contributed by atoms with Crippen molar-refractivity contribution in [3.63, 3.8) is 0 Å². The lowest BCUT2D eigenvalue weighted by atomic mass is 9.70. The van der Waals surface area contributed by atoms with Gasteiger partial charge in [-0.1, -0.05) is 46.6 Å². The number of hydrogen-bond donors (Lipinski definition) is 1. The Kier molecular flexibility index (Phi) is 9.57. The van der Waals surface area contributed by atoms with Gasteiger partial charge in [0.05, 0.1) is 17.9 Å². The number of carbonyl (C=O) groups is 3. The number of anilines is 1. The zero-order valence-corrected chi connectivity index (χ0v) is 24.6. The molecule has 0 radical (unpaired) electrons. The number of alkyl halides is 1. The molecule has 3 amide bonds. The van der Waals surface area contributed by atoms with E-state index in [4.69, 9.17) is 16.3 Å². The van der Waals surface area contributed by atoms with Crippen LogP contribution in [-0.2, 0) is 19.1 Å². The molecule has 39 heavy (non-hydrogen) atoms. The second-order valence-electron chi connectivity index (χ2n) is 10.4. The van der Waals surface area contributed by atoms with Crippen LogP contribution in [0.3, 0.4) is 0 Å². The summed E-state index contributed by atoms with van der Waals surface area (Å²) in [4.78, 5) is 47.3. The number of ether oxygens (including phenoxy) is 1. The van der Waals surface area contributed by atoms with Gasteiger partial charge >= 0.3 is 0 Å². The number of halogens is 2. The maximum atomic E-state index is 14.5. The van der Waals surface area contributed by atoms with Crippen LogP contribution in [0.5, 0.6) is 0 Å². The number of carbonyl (C=O) groups excluding carboxylic acids is 3. The lowest BCUT2D eigenvalue weighted by Gasteiger charge is -2.37. The van der Waals surface area contributed by atoms with Crippen LogP contribution < -0.4 is 4.90 Å². The maximum Gasteiger partial charge on any atom is 0.253 e. The summed E-state index contributed by atoms with van der Waals surface area (Å²) in [7, 11) is 0. The number of unbranched alkanes of at least 4 members (excludes halogenated alkanes) is 1. The number of benzene rings is 1. The third-order valence-electron chi connectivity index (χ3n) is 7.99. The van der Waals surface area contributed by atoms with Crippen molar-refractivity contribution >= 4 is 50.9 Å². The Bertz CT molecular complexity index is 1100. The molecule has 0 aliphatic carbocycles. The van der Waals surface area contributed by atoms with Gasteiger partial charge in [-0.3, -0.25) is 14.4 Å². The molecule has 2 bridgehead atoms. The standard InChI is InChI=1S/C29H37BrClN3O5/c1-4-13-32(14-5-2)26(36)22-23-27(37)34(16-7-8-17-35)25(29(23)18-21(30)24(22)39-29)28(38)33(15-6-3)20-11-9-19(31)10-12-20/h4,6,9-12,21-25,35H,1,3,5,7-8,13-18H2,2H3/t21?,22-,23+,24-,25?,29?/m1/s1. The zero-order valence-electron chi connectivity index (χ0n) is 22.3. The number of aliphatic hydroxyl groups excluding tert-OH is 1. The van der Waals surface area contributed by atoms with E-state index in [2.05, 4.69) is 29.1 Å². The third-order valence-corrected chi connectivity index (χ3v) is 9.08. The quantitative estimate of drug-likeness (QED) is 0.205. The van der Waals surface area contributed by atoms with E-state index in [0.29, 0.717) is 43.1 Å². The van der Waals surface area contributed by atoms with Crippen LogP contribution in [0.1, 0.15) is 32.6 Å². The first-order chi connectivity index (χ1) is 18.7. The van der Waals surface area contributed by atoms with Crippen LogP contribution in [-0.4, -0.2) is 88.0 Å². The molecule has 0 saturated carbocycles. The van der Waals surface area contributed by atoms with E-state index in [-0.39, 0.29) is 42.2 Å². The van der Waals surface area contributed by atoms with Gasteiger partial charge in [0.1, 0.15) is 11.6 Å². The second kappa shape index (κ2) is 12.5. The van der Waals surface area contributed by atoms with Crippen molar-refractivity contribution in [1.82, 2.24) is 9.80 Å². The van der Waals surface area contributed by atoms with Crippen molar-refractivity contribution in [2.75, 3.05) is 37.7 Å². The number of amides is 3. The van der Waals surface area contributed by atoms with Gasteiger partial charge in [0, 0.05) is 48.3 Å². The van der Waals surface area contributed by atoms with Crippen LogP contribution in [0.25, 0.3) is 0 Å². The molecule has 1 aromatic carbocycles. The lowest BCUT2D eigenvalue weighted by molar-refractivity contribution is -0.145. The van der Waals surface area contributed by atoms with Crippen LogP contribution in [0, 0.1) is 11.8 Å². The molecule has 3 saturated heterocycles. The summed E-state index contributed by atoms with van der Waals surface area (Å²) < 4.78 is 6.63. The topological polar surface area (TPSA) is 90.4 Å². The Morgan fingerprint density at radius 1 is 1.21 bits per heavy atom. The molecule has 1 N–H and O–H groups in total. The Morgan fingerprint density at radius 3 is 2.51 bits per heavy atom. The van der Waals surface area contributed by atoms with Crippen LogP contribution in [0.15, 0.2) is 49.6 Å². The summed E-state index contributed by atoms with van der Waals surface area (Å²) in [5.74, 6) is -2.15. The van der Waals surface area contributed by atoms with E-state index in [0.717, 1.165) is 6.42 Å². The first-order valence-corrected chi connectivity index (χ1v) is 14.9. The zero-order chi connectivity index (χ0) is 28.3. The molecule has 6 atom stereocenters. The molecule has 3 fully saturated rings. The fourth-order valence-electron chi connectivity index (χ4n) is 6.47. The van der Waals surface area contributed by atoms with Crippen LogP contribution in [0.2, 0.25) is 5.02 Å². The molecule has 3 aliphatic heterocycles. The molecule has 3 unspecified atom stereocenters. The van der Waals surface area contributed by atoms with Crippen molar-refractivity contribution in [2.45, 2.75) is 55.2 Å². The van der Waals surface area contributed by atoms with Gasteiger partial charge in [0.2, 0.25) is 11.8 Å². The maximum absolute atomic E-state index is 14.5. The summed E-state index contributed by atoms with van der Waals surface area (Å²) in [6.45, 7) is 11.0. The molecule has 10 heteroatoms. The molecule has 0 aromatic heterocycles. The third kappa shape index (κ3) is 5.31. The van der Waals surface area contributed by atoms with Crippen molar-refractivity contribution < 1.29 is 24.2 Å². The van der Waals surface area contributed by atoms with Crippen molar-refractivity contribution in [1.29, 1.82) is 0 Å². The Balaban J connectivity index is 1.77. The molecule has 4 rings (SSSR count). The molecular weight excluding hydrogens is 586 g/mol. The summed E-state index contributed by atoms with van der Waals surface area (Å²) in [6, 6.07) is 6.02. The van der Waals surface area contributed by atoms with E-state index in [1.165, 1.54) is 0 Å². The van der Waals surface area contributed by atoms with Gasteiger partial charge in [-0.15, -0.1) is 13.2 Å². The average molecular weight is 623 g/mol. The highest BCUT2D eigenvalue weighted by atomic mass is 79.9. The van der Waals surface area contributed by atoms with Gasteiger partial charge in [-0.2, -0.15) is 0 Å². The summed E-state index contributed by atoms with van der Waals surface area (Å²) in [5.41, 5.74) is -0.521. The van der Waals surface area contributed by atoms with Crippen LogP contribution in [0.4, 0.5) is 5.69 Å². The minimum Gasteiger partial charge on any atom is -0.396 e. The number of aliphatic hydroxyl groups is 1. The summed E-state index contributed by atoms with van der Waals surface area (Å²) >= 11 is 9.83. The monoisotopic (exact) mass is 621 g/mol. The van der Waals surface area contributed by atoms with Crippen molar-refractivity contribution in [3.05, 3.63) is 54.6 Å². The van der Waals surface area contributed by atoms with Gasteiger partial charge in [0.25, 0.3) is 5.91 Å². The highest BCUT2D eigenvalue weighted by molar-refractivity contribution is 9.09. The van der Waals surface area contributed by atoms with Gasteiger partial charge in [-0.25, -0.2) is 0 Å². The van der Waals surface area contributed by atoms with Gasteiger partial charge in [0.15, 0.2) is 0 Å². The minimum atomic E-state index is -1.15. The molecular formula is C29H37BrClN3O5. The normalized spacial score (nSPS) is 28.9. The van der Waals surface area contributed by atoms with E-state index in [1.807, 2.05) is 6.92 Å². The second-order valence-corrected chi connectivity index (χ2v) is 12.0. The predicted molar refractivity (Wildman–Crippen MR) is 155 cm³/mol. The van der Waals surface area contributed by atoms with E-state index in [1.54, 1.807) is 51.1 Å². The highest BCUT2D eigenvalue weighted by Gasteiger charge is 2.76. The molecule has 1 aromatic rings. The molecule has 3 heterocycles. The van der Waals surface area contributed by atoms with E-state index < -0.39 is 29.6 Å². The van der Waals surface area contributed by atoms with Gasteiger partial charge in [-0.05, 0) is 49.9 Å². The lowest BCUT2D eigenvalue weighted by Crippen LogP contribution is -2.57. The fourth-order valence-corrected chi connectivity index (χ4v) is 7.54. The Labute approximate surface area is 243 Å². The van der Waals surface area contributed by atoms with Crippen molar-refractivity contribution in [3.8, 4) is 0 Å². The van der Waals surface area contributed by atoms with Gasteiger partial charge < -0.3 is 24.5 Å². The number of nitrogens with zero attached hydrogens (tertiary/aromatic N) is 3. The van der Waals surface area contributed by atoms with Crippen LogP contribution >= 0.6 is 27.5 Å². The first kappa shape index (κ1) is 29.8. The Hall–Kier alpha value is -2.20. The number of hydrogen-bond acceptors (Lipinski definition) is 5. The molecule has 8 nitrogen and oxygen atoms in total. The number of rotatable bonds is 13. The van der Waals surface area contributed by atoms with E-state index in [9.17, 15) is 19.5 Å².